The van der Waals surface area contributed by atoms with Gasteiger partial charge >= 0.3 is 0 Å². The second-order valence-electron chi connectivity index (χ2n) is 9.83. The largest absolute Gasteiger partial charge is 0.353 e. The average molecular weight is 534 g/mol. The Balaban J connectivity index is 1.06. The van der Waals surface area contributed by atoms with Crippen LogP contribution in [0.5, 0.6) is 0 Å². The maximum atomic E-state index is 12.7. The molecule has 5 rings (SSSR count). The molecule has 0 aliphatic carbocycles. The fraction of sp³-hybridized carbons (Fsp3) is 0.357. The Labute approximate surface area is 222 Å². The first-order valence-electron chi connectivity index (χ1n) is 12.9. The van der Waals surface area contributed by atoms with E-state index in [1.807, 2.05) is 41.3 Å². The van der Waals surface area contributed by atoms with Crippen molar-refractivity contribution in [2.24, 2.45) is 5.92 Å². The van der Waals surface area contributed by atoms with E-state index >= 15 is 0 Å². The molecule has 38 heavy (non-hydrogen) atoms. The van der Waals surface area contributed by atoms with E-state index in [1.54, 1.807) is 41.4 Å². The van der Waals surface area contributed by atoms with Crippen molar-refractivity contribution in [1.82, 2.24) is 15.1 Å². The summed E-state index contributed by atoms with van der Waals surface area (Å²) in [7, 11) is -3.46. The summed E-state index contributed by atoms with van der Waals surface area (Å²) < 4.78 is 25.0. The lowest BCUT2D eigenvalue weighted by Crippen LogP contribution is -2.52. The van der Waals surface area contributed by atoms with Gasteiger partial charge in [-0.05, 0) is 60.7 Å². The van der Waals surface area contributed by atoms with Gasteiger partial charge in [-0.15, -0.1) is 5.10 Å². The summed E-state index contributed by atoms with van der Waals surface area (Å²) in [5.74, 6) is 0.729. The molecule has 0 spiro atoms. The first-order valence-corrected chi connectivity index (χ1v) is 14.5. The van der Waals surface area contributed by atoms with Crippen molar-refractivity contribution < 1.29 is 18.0 Å². The summed E-state index contributed by atoms with van der Waals surface area (Å²) in [6.07, 6.45) is 3.27. The van der Waals surface area contributed by atoms with Crippen LogP contribution in [0.2, 0.25) is 0 Å². The van der Waals surface area contributed by atoms with Crippen molar-refractivity contribution in [2.75, 3.05) is 42.1 Å². The number of aromatic nitrogens is 2. The van der Waals surface area contributed by atoms with Crippen LogP contribution in [0.3, 0.4) is 0 Å². The van der Waals surface area contributed by atoms with Gasteiger partial charge in [0, 0.05) is 44.5 Å². The molecule has 2 fully saturated rings. The number of carbonyl (C=O) groups is 2. The van der Waals surface area contributed by atoms with Gasteiger partial charge in [0.1, 0.15) is 0 Å². The Morgan fingerprint density at radius 1 is 0.921 bits per heavy atom. The van der Waals surface area contributed by atoms with Gasteiger partial charge in [-0.1, -0.05) is 30.3 Å². The Bertz CT molecular complexity index is 1350. The Kier molecular flexibility index (Phi) is 7.69. The van der Waals surface area contributed by atoms with Crippen LogP contribution in [0.25, 0.3) is 0 Å². The smallest absolute Gasteiger partial charge is 0.231 e. The summed E-state index contributed by atoms with van der Waals surface area (Å²) in [6, 6.07) is 19.9. The van der Waals surface area contributed by atoms with E-state index in [0.29, 0.717) is 32.1 Å². The molecule has 3 aromatic rings. The highest BCUT2D eigenvalue weighted by Gasteiger charge is 2.33. The molecule has 198 valence electrons. The predicted molar refractivity (Wildman–Crippen MR) is 144 cm³/mol. The monoisotopic (exact) mass is 533 g/mol. The molecular formula is C28H31N5O4S. The molecule has 2 saturated heterocycles. The van der Waals surface area contributed by atoms with Crippen molar-refractivity contribution >= 4 is 33.2 Å². The SMILES string of the molecule is O=C(Nc1ccc(C2CCN(C(=O)CCS(=O)(=O)c3ccccc3)CC2)cc1)C1CN(c2cccnn2)C1. The summed E-state index contributed by atoms with van der Waals surface area (Å²) in [5, 5.41) is 11.0. The van der Waals surface area contributed by atoms with Gasteiger partial charge < -0.3 is 15.1 Å². The number of likely N-dealkylation sites (tertiary alicyclic amines) is 1. The van der Waals surface area contributed by atoms with E-state index in [1.165, 1.54) is 5.56 Å². The maximum absolute atomic E-state index is 12.7. The lowest BCUT2D eigenvalue weighted by molar-refractivity contribution is -0.131. The van der Waals surface area contributed by atoms with E-state index in [2.05, 4.69) is 15.5 Å². The first-order chi connectivity index (χ1) is 18.4. The van der Waals surface area contributed by atoms with Crippen LogP contribution in [0, 0.1) is 5.92 Å². The maximum Gasteiger partial charge on any atom is 0.231 e. The number of hydrogen-bond donors (Lipinski definition) is 1. The molecule has 1 aromatic heterocycles. The molecule has 10 heteroatoms. The molecule has 2 amide bonds. The number of amides is 2. The van der Waals surface area contributed by atoms with E-state index in [4.69, 9.17) is 0 Å². The molecule has 3 heterocycles. The first kappa shape index (κ1) is 25.8. The van der Waals surface area contributed by atoms with Crippen LogP contribution >= 0.6 is 0 Å². The Morgan fingerprint density at radius 3 is 2.29 bits per heavy atom. The highest BCUT2D eigenvalue weighted by Crippen LogP contribution is 2.30. The quantitative estimate of drug-likeness (QED) is 0.473. The highest BCUT2D eigenvalue weighted by atomic mass is 32.2. The number of rotatable bonds is 8. The number of piperidine rings is 1. The Morgan fingerprint density at radius 2 is 1.63 bits per heavy atom. The van der Waals surface area contributed by atoms with Crippen LogP contribution in [-0.2, 0) is 19.4 Å². The molecule has 0 saturated carbocycles. The third-order valence-corrected chi connectivity index (χ3v) is 9.05. The van der Waals surface area contributed by atoms with Crippen LogP contribution in [0.1, 0.15) is 30.7 Å². The van der Waals surface area contributed by atoms with Crippen molar-refractivity contribution in [3.8, 4) is 0 Å². The molecule has 0 radical (unpaired) electrons. The highest BCUT2D eigenvalue weighted by molar-refractivity contribution is 7.91. The number of nitrogens with one attached hydrogen (secondary N) is 1. The number of sulfone groups is 1. The third-order valence-electron chi connectivity index (χ3n) is 7.32. The van der Waals surface area contributed by atoms with Gasteiger partial charge in [-0.25, -0.2) is 8.42 Å². The minimum Gasteiger partial charge on any atom is -0.353 e. The Hall–Kier alpha value is -3.79. The van der Waals surface area contributed by atoms with Crippen molar-refractivity contribution in [2.45, 2.75) is 30.1 Å². The second kappa shape index (κ2) is 11.3. The van der Waals surface area contributed by atoms with E-state index in [0.717, 1.165) is 24.3 Å². The van der Waals surface area contributed by atoms with E-state index < -0.39 is 9.84 Å². The van der Waals surface area contributed by atoms with Gasteiger partial charge in [0.25, 0.3) is 0 Å². The molecule has 2 aliphatic heterocycles. The second-order valence-corrected chi connectivity index (χ2v) is 11.9. The summed E-state index contributed by atoms with van der Waals surface area (Å²) >= 11 is 0. The molecule has 9 nitrogen and oxygen atoms in total. The number of anilines is 2. The summed E-state index contributed by atoms with van der Waals surface area (Å²) in [5.41, 5.74) is 1.95. The van der Waals surface area contributed by atoms with Gasteiger partial charge in [-0.2, -0.15) is 5.10 Å². The van der Waals surface area contributed by atoms with Crippen molar-refractivity contribution in [3.63, 3.8) is 0 Å². The van der Waals surface area contributed by atoms with Gasteiger partial charge in [0.05, 0.1) is 16.6 Å². The van der Waals surface area contributed by atoms with Gasteiger partial charge in [0.15, 0.2) is 15.7 Å². The molecule has 1 N–H and O–H groups in total. The molecule has 2 aromatic carbocycles. The van der Waals surface area contributed by atoms with Gasteiger partial charge in [-0.3, -0.25) is 9.59 Å². The predicted octanol–water partition coefficient (Wildman–Crippen LogP) is 3.12. The summed E-state index contributed by atoms with van der Waals surface area (Å²) in [6.45, 7) is 2.46. The average Bonchev–Trinajstić information content (AvgIpc) is 2.92. The lowest BCUT2D eigenvalue weighted by Gasteiger charge is -2.38. The number of carbonyl (C=O) groups excluding carboxylic acids is 2. The topological polar surface area (TPSA) is 113 Å². The normalized spacial score (nSPS) is 16.6. The molecule has 0 atom stereocenters. The van der Waals surface area contributed by atoms with Crippen LogP contribution < -0.4 is 10.2 Å². The lowest BCUT2D eigenvalue weighted by atomic mass is 9.89. The van der Waals surface area contributed by atoms with Gasteiger partial charge in [0.2, 0.25) is 11.8 Å². The fourth-order valence-electron chi connectivity index (χ4n) is 4.96. The number of nitrogens with zero attached hydrogens (tertiary/aromatic N) is 4. The molecular weight excluding hydrogens is 502 g/mol. The minimum absolute atomic E-state index is 0.000936. The van der Waals surface area contributed by atoms with E-state index in [-0.39, 0.29) is 34.8 Å². The molecule has 0 unspecified atom stereocenters. The van der Waals surface area contributed by atoms with Crippen LogP contribution in [-0.4, -0.2) is 67.3 Å². The minimum atomic E-state index is -3.46. The van der Waals surface area contributed by atoms with E-state index in [9.17, 15) is 18.0 Å². The zero-order chi connectivity index (χ0) is 26.5. The van der Waals surface area contributed by atoms with Crippen LogP contribution in [0.15, 0.2) is 77.8 Å². The molecule has 0 bridgehead atoms. The van der Waals surface area contributed by atoms with Crippen molar-refractivity contribution in [3.05, 3.63) is 78.5 Å². The third kappa shape index (κ3) is 6.02. The summed E-state index contributed by atoms with van der Waals surface area (Å²) in [4.78, 5) is 29.3. The zero-order valence-electron chi connectivity index (χ0n) is 21.1. The number of benzene rings is 2. The number of hydrogen-bond acceptors (Lipinski definition) is 7. The standard InChI is InChI=1S/C28H31N5O4S/c34-27(14-18-38(36,37)25-5-2-1-3-6-25)32-16-12-22(13-17-32)21-8-10-24(11-9-21)30-28(35)23-19-33(20-23)26-7-4-15-29-31-26/h1-11,15,22-23H,12-14,16-20H2,(H,30,35). The van der Waals surface area contributed by atoms with Crippen molar-refractivity contribution in [1.29, 1.82) is 0 Å². The molecule has 2 aliphatic rings. The zero-order valence-corrected chi connectivity index (χ0v) is 21.9. The fourth-order valence-corrected chi connectivity index (χ4v) is 6.22. The van der Waals surface area contributed by atoms with Crippen LogP contribution in [0.4, 0.5) is 11.5 Å².